The van der Waals surface area contributed by atoms with Gasteiger partial charge in [0.1, 0.15) is 18.2 Å². The van der Waals surface area contributed by atoms with E-state index in [1.165, 1.54) is 18.2 Å². The summed E-state index contributed by atoms with van der Waals surface area (Å²) in [6.45, 7) is 3.31. The summed E-state index contributed by atoms with van der Waals surface area (Å²) in [6.07, 6.45) is -0.699. The van der Waals surface area contributed by atoms with Crippen molar-refractivity contribution in [3.05, 3.63) is 29.6 Å². The van der Waals surface area contributed by atoms with Crippen molar-refractivity contribution in [2.24, 2.45) is 0 Å². The third-order valence-electron chi connectivity index (χ3n) is 2.34. The van der Waals surface area contributed by atoms with Crippen LogP contribution in [0.2, 0.25) is 0 Å². The second kappa shape index (κ2) is 8.02. The van der Waals surface area contributed by atoms with E-state index < -0.39 is 11.9 Å². The van der Waals surface area contributed by atoms with Crippen molar-refractivity contribution in [3.8, 4) is 5.75 Å². The Bertz CT molecular complexity index is 355. The van der Waals surface area contributed by atoms with E-state index in [0.29, 0.717) is 37.7 Å². The van der Waals surface area contributed by atoms with Crippen molar-refractivity contribution in [1.82, 2.24) is 0 Å². The predicted octanol–water partition coefficient (Wildman–Crippen LogP) is 1.92. The first kappa shape index (κ1) is 14.9. The number of aliphatic hydroxyl groups excluding tert-OH is 1. The fraction of sp³-hybridized carbons (Fsp3) is 0.538. The maximum Gasteiger partial charge on any atom is 0.128 e. The summed E-state index contributed by atoms with van der Waals surface area (Å²) < 4.78 is 28.5. The highest BCUT2D eigenvalue weighted by atomic mass is 19.1. The van der Waals surface area contributed by atoms with Gasteiger partial charge in [-0.15, -0.1) is 0 Å². The molecular formula is C13H19FO4. The average Bonchev–Trinajstić information content (AvgIpc) is 2.33. The SMILES string of the molecule is COCCOCCOc1cc(F)ccc1C(C)O. The highest BCUT2D eigenvalue weighted by molar-refractivity contribution is 5.35. The van der Waals surface area contributed by atoms with Gasteiger partial charge in [0.05, 0.1) is 25.9 Å². The molecule has 1 rings (SSSR count). The lowest BCUT2D eigenvalue weighted by atomic mass is 10.1. The van der Waals surface area contributed by atoms with Crippen LogP contribution in [0, 0.1) is 5.82 Å². The van der Waals surface area contributed by atoms with Gasteiger partial charge in [-0.05, 0) is 19.1 Å². The largest absolute Gasteiger partial charge is 0.491 e. The van der Waals surface area contributed by atoms with Gasteiger partial charge in [0.25, 0.3) is 0 Å². The van der Waals surface area contributed by atoms with Crippen molar-refractivity contribution in [2.75, 3.05) is 33.5 Å². The van der Waals surface area contributed by atoms with Crippen LogP contribution >= 0.6 is 0 Å². The van der Waals surface area contributed by atoms with Crippen LogP contribution in [0.5, 0.6) is 5.75 Å². The standard InChI is InChI=1S/C13H19FO4/c1-10(15)12-4-3-11(14)9-13(12)18-8-7-17-6-5-16-2/h3-4,9-10,15H,5-8H2,1-2H3. The first-order valence-corrected chi connectivity index (χ1v) is 5.82. The summed E-state index contributed by atoms with van der Waals surface area (Å²) in [5.41, 5.74) is 0.563. The summed E-state index contributed by atoms with van der Waals surface area (Å²) >= 11 is 0. The zero-order chi connectivity index (χ0) is 13.4. The zero-order valence-electron chi connectivity index (χ0n) is 10.7. The molecule has 0 aromatic heterocycles. The molecule has 5 heteroatoms. The molecule has 18 heavy (non-hydrogen) atoms. The first-order valence-electron chi connectivity index (χ1n) is 5.82. The smallest absolute Gasteiger partial charge is 0.128 e. The summed E-state index contributed by atoms with van der Waals surface area (Å²) in [6, 6.07) is 4.07. The number of hydrogen-bond donors (Lipinski definition) is 1. The Kier molecular flexibility index (Phi) is 6.64. The van der Waals surface area contributed by atoms with Crippen molar-refractivity contribution >= 4 is 0 Å². The highest BCUT2D eigenvalue weighted by Gasteiger charge is 2.10. The highest BCUT2D eigenvalue weighted by Crippen LogP contribution is 2.25. The minimum Gasteiger partial charge on any atom is -0.491 e. The number of halogens is 1. The molecule has 1 unspecified atom stereocenters. The lowest BCUT2D eigenvalue weighted by Gasteiger charge is -2.13. The lowest BCUT2D eigenvalue weighted by Crippen LogP contribution is -2.11. The molecule has 0 saturated heterocycles. The topological polar surface area (TPSA) is 47.9 Å². The second-order valence-electron chi connectivity index (χ2n) is 3.81. The molecule has 0 amide bonds. The van der Waals surface area contributed by atoms with E-state index in [4.69, 9.17) is 14.2 Å². The zero-order valence-corrected chi connectivity index (χ0v) is 10.7. The maximum atomic E-state index is 13.1. The molecule has 0 saturated carbocycles. The summed E-state index contributed by atoms with van der Waals surface area (Å²) in [7, 11) is 1.60. The van der Waals surface area contributed by atoms with E-state index in [9.17, 15) is 9.50 Å². The molecule has 0 aliphatic rings. The predicted molar refractivity (Wildman–Crippen MR) is 65.2 cm³/mol. The fourth-order valence-corrected chi connectivity index (χ4v) is 1.43. The van der Waals surface area contributed by atoms with E-state index in [1.54, 1.807) is 14.0 Å². The molecule has 0 heterocycles. The minimum absolute atomic E-state index is 0.298. The number of aliphatic hydroxyl groups is 1. The van der Waals surface area contributed by atoms with Gasteiger partial charge in [-0.25, -0.2) is 4.39 Å². The van der Waals surface area contributed by atoms with Crippen LogP contribution in [0.4, 0.5) is 4.39 Å². The molecule has 1 atom stereocenters. The Morgan fingerprint density at radius 3 is 2.61 bits per heavy atom. The molecule has 4 nitrogen and oxygen atoms in total. The molecule has 0 bridgehead atoms. The Morgan fingerprint density at radius 2 is 1.94 bits per heavy atom. The molecule has 0 spiro atoms. The van der Waals surface area contributed by atoms with E-state index in [2.05, 4.69) is 0 Å². The van der Waals surface area contributed by atoms with Crippen molar-refractivity contribution in [3.63, 3.8) is 0 Å². The van der Waals surface area contributed by atoms with Crippen LogP contribution in [-0.4, -0.2) is 38.6 Å². The van der Waals surface area contributed by atoms with E-state index in [1.807, 2.05) is 0 Å². The van der Waals surface area contributed by atoms with E-state index >= 15 is 0 Å². The van der Waals surface area contributed by atoms with Gasteiger partial charge in [0.15, 0.2) is 0 Å². The molecule has 0 radical (unpaired) electrons. The average molecular weight is 258 g/mol. The Morgan fingerprint density at radius 1 is 1.22 bits per heavy atom. The number of methoxy groups -OCH3 is 1. The molecule has 1 aromatic rings. The Hall–Kier alpha value is -1.17. The van der Waals surface area contributed by atoms with Gasteiger partial charge in [-0.1, -0.05) is 0 Å². The maximum absolute atomic E-state index is 13.1. The molecule has 0 aliphatic carbocycles. The van der Waals surface area contributed by atoms with Gasteiger partial charge in [0, 0.05) is 18.7 Å². The van der Waals surface area contributed by atoms with Crippen LogP contribution in [0.15, 0.2) is 18.2 Å². The van der Waals surface area contributed by atoms with Crippen LogP contribution in [-0.2, 0) is 9.47 Å². The molecule has 0 aliphatic heterocycles. The monoisotopic (exact) mass is 258 g/mol. The first-order chi connectivity index (χ1) is 8.65. The summed E-state index contributed by atoms with van der Waals surface area (Å²) in [4.78, 5) is 0. The second-order valence-corrected chi connectivity index (χ2v) is 3.81. The summed E-state index contributed by atoms with van der Waals surface area (Å²) in [5, 5.41) is 9.52. The Balaban J connectivity index is 2.43. The molecule has 1 N–H and O–H groups in total. The van der Waals surface area contributed by atoms with Crippen molar-refractivity contribution < 1.29 is 23.7 Å². The number of rotatable bonds is 8. The third kappa shape index (κ3) is 5.00. The molecule has 1 aromatic carbocycles. The van der Waals surface area contributed by atoms with E-state index in [0.717, 1.165) is 0 Å². The fourth-order valence-electron chi connectivity index (χ4n) is 1.43. The molecular weight excluding hydrogens is 239 g/mol. The number of benzene rings is 1. The van der Waals surface area contributed by atoms with Gasteiger partial charge >= 0.3 is 0 Å². The van der Waals surface area contributed by atoms with E-state index in [-0.39, 0.29) is 0 Å². The molecule has 102 valence electrons. The Labute approximate surface area is 106 Å². The van der Waals surface area contributed by atoms with Crippen molar-refractivity contribution in [1.29, 1.82) is 0 Å². The minimum atomic E-state index is -0.699. The van der Waals surface area contributed by atoms with Gasteiger partial charge in [-0.3, -0.25) is 0 Å². The lowest BCUT2D eigenvalue weighted by molar-refractivity contribution is 0.0537. The normalized spacial score (nSPS) is 12.4. The van der Waals surface area contributed by atoms with Crippen LogP contribution < -0.4 is 4.74 Å². The quantitative estimate of drug-likeness (QED) is 0.724. The van der Waals surface area contributed by atoms with Gasteiger partial charge < -0.3 is 19.3 Å². The molecule has 0 fully saturated rings. The van der Waals surface area contributed by atoms with Crippen molar-refractivity contribution in [2.45, 2.75) is 13.0 Å². The van der Waals surface area contributed by atoms with Gasteiger partial charge in [-0.2, -0.15) is 0 Å². The van der Waals surface area contributed by atoms with Crippen LogP contribution in [0.1, 0.15) is 18.6 Å². The summed E-state index contributed by atoms with van der Waals surface area (Å²) in [5.74, 6) is -0.0463. The van der Waals surface area contributed by atoms with Crippen LogP contribution in [0.25, 0.3) is 0 Å². The van der Waals surface area contributed by atoms with Gasteiger partial charge in [0.2, 0.25) is 0 Å². The number of ether oxygens (including phenoxy) is 3. The van der Waals surface area contributed by atoms with Crippen LogP contribution in [0.3, 0.4) is 0 Å². The number of hydrogen-bond acceptors (Lipinski definition) is 4. The third-order valence-corrected chi connectivity index (χ3v) is 2.34.